The molecule has 0 heterocycles. The van der Waals surface area contributed by atoms with Gasteiger partial charge in [0.05, 0.1) is 10.6 Å². The number of halogens is 3. The van der Waals surface area contributed by atoms with Crippen LogP contribution in [0.2, 0.25) is 5.02 Å². The van der Waals surface area contributed by atoms with Crippen molar-refractivity contribution in [1.29, 1.82) is 0 Å². The lowest BCUT2D eigenvalue weighted by Crippen LogP contribution is -2.06. The van der Waals surface area contributed by atoms with Crippen LogP contribution >= 0.6 is 27.5 Å². The number of carbonyl (C=O) groups is 1. The lowest BCUT2D eigenvalue weighted by Gasteiger charge is -2.15. The van der Waals surface area contributed by atoms with Crippen molar-refractivity contribution >= 4 is 39.2 Å². The van der Waals surface area contributed by atoms with E-state index < -0.39 is 11.8 Å². The Morgan fingerprint density at radius 2 is 2.00 bits per heavy atom. The van der Waals surface area contributed by atoms with Crippen molar-refractivity contribution < 1.29 is 19.0 Å². The summed E-state index contributed by atoms with van der Waals surface area (Å²) >= 11 is 9.52. The highest BCUT2D eigenvalue weighted by molar-refractivity contribution is 9.10. The fourth-order valence-corrected chi connectivity index (χ4v) is 3.46. The van der Waals surface area contributed by atoms with Gasteiger partial charge in [-0.1, -0.05) is 33.6 Å². The SMILES string of the molecule is Cc1cc(C(=O)O)ccc1NCc1cc(Br)ccc1OCc1c(F)cccc1Cl. The summed E-state index contributed by atoms with van der Waals surface area (Å²) in [5.41, 5.74) is 3.03. The molecule has 0 bridgehead atoms. The molecule has 0 aliphatic carbocycles. The molecule has 0 radical (unpaired) electrons. The van der Waals surface area contributed by atoms with Crippen molar-refractivity contribution in [2.45, 2.75) is 20.1 Å². The molecule has 150 valence electrons. The van der Waals surface area contributed by atoms with Crippen molar-refractivity contribution in [3.05, 3.63) is 92.2 Å². The van der Waals surface area contributed by atoms with Gasteiger partial charge in [-0.05, 0) is 61.0 Å². The molecule has 4 nitrogen and oxygen atoms in total. The van der Waals surface area contributed by atoms with Crippen LogP contribution in [-0.4, -0.2) is 11.1 Å². The Labute approximate surface area is 181 Å². The van der Waals surface area contributed by atoms with Crippen LogP contribution in [0, 0.1) is 12.7 Å². The van der Waals surface area contributed by atoms with Gasteiger partial charge in [-0.2, -0.15) is 0 Å². The molecule has 0 amide bonds. The Bertz CT molecular complexity index is 1040. The van der Waals surface area contributed by atoms with E-state index in [0.717, 1.165) is 21.3 Å². The van der Waals surface area contributed by atoms with Crippen LogP contribution in [0.1, 0.15) is 27.0 Å². The largest absolute Gasteiger partial charge is 0.488 e. The quantitative estimate of drug-likeness (QED) is 0.410. The van der Waals surface area contributed by atoms with Crippen molar-refractivity contribution in [2.75, 3.05) is 5.32 Å². The second-order valence-electron chi connectivity index (χ2n) is 6.43. The monoisotopic (exact) mass is 477 g/mol. The van der Waals surface area contributed by atoms with Crippen molar-refractivity contribution in [3.63, 3.8) is 0 Å². The molecule has 3 aromatic rings. The van der Waals surface area contributed by atoms with Crippen LogP contribution < -0.4 is 10.1 Å². The number of rotatable bonds is 7. The molecule has 0 fully saturated rings. The van der Waals surface area contributed by atoms with Crippen LogP contribution in [0.4, 0.5) is 10.1 Å². The van der Waals surface area contributed by atoms with E-state index >= 15 is 0 Å². The zero-order valence-corrected chi connectivity index (χ0v) is 17.8. The Hall–Kier alpha value is -2.57. The van der Waals surface area contributed by atoms with Gasteiger partial charge in [0.1, 0.15) is 18.2 Å². The van der Waals surface area contributed by atoms with E-state index in [1.54, 1.807) is 36.4 Å². The Morgan fingerprint density at radius 3 is 2.69 bits per heavy atom. The van der Waals surface area contributed by atoms with Gasteiger partial charge in [-0.3, -0.25) is 0 Å². The summed E-state index contributed by atoms with van der Waals surface area (Å²) in [6.07, 6.45) is 0. The predicted octanol–water partition coefficient (Wildman–Crippen LogP) is 6.44. The van der Waals surface area contributed by atoms with Crippen LogP contribution in [0.15, 0.2) is 59.1 Å². The van der Waals surface area contributed by atoms with E-state index in [4.69, 9.17) is 21.4 Å². The van der Waals surface area contributed by atoms with Crippen LogP contribution in [0.3, 0.4) is 0 Å². The number of carboxylic acid groups (broad SMARTS) is 1. The van der Waals surface area contributed by atoms with Crippen LogP contribution in [-0.2, 0) is 13.2 Å². The topological polar surface area (TPSA) is 58.6 Å². The maximum absolute atomic E-state index is 14.0. The van der Waals surface area contributed by atoms with E-state index in [-0.39, 0.29) is 12.2 Å². The smallest absolute Gasteiger partial charge is 0.335 e. The number of benzene rings is 3. The zero-order chi connectivity index (χ0) is 21.0. The van der Waals surface area contributed by atoms with E-state index in [9.17, 15) is 9.18 Å². The highest BCUT2D eigenvalue weighted by atomic mass is 79.9. The molecule has 3 aromatic carbocycles. The molecule has 2 N–H and O–H groups in total. The number of nitrogens with one attached hydrogen (secondary N) is 1. The zero-order valence-electron chi connectivity index (χ0n) is 15.5. The van der Waals surface area contributed by atoms with Crippen molar-refractivity contribution in [1.82, 2.24) is 0 Å². The highest BCUT2D eigenvalue weighted by Crippen LogP contribution is 2.28. The number of hydrogen-bond donors (Lipinski definition) is 2. The summed E-state index contributed by atoms with van der Waals surface area (Å²) in [5, 5.41) is 12.7. The third-order valence-electron chi connectivity index (χ3n) is 4.40. The molecule has 0 saturated carbocycles. The van der Waals surface area contributed by atoms with Gasteiger partial charge < -0.3 is 15.2 Å². The van der Waals surface area contributed by atoms with Crippen LogP contribution in [0.5, 0.6) is 5.75 Å². The second-order valence-corrected chi connectivity index (χ2v) is 7.75. The number of ether oxygens (including phenoxy) is 1. The third kappa shape index (κ3) is 5.28. The molecule has 29 heavy (non-hydrogen) atoms. The molecular weight excluding hydrogens is 461 g/mol. The average Bonchev–Trinajstić information content (AvgIpc) is 2.67. The first kappa shape index (κ1) is 21.1. The maximum Gasteiger partial charge on any atom is 0.335 e. The van der Waals surface area contributed by atoms with Gasteiger partial charge in [0, 0.05) is 27.8 Å². The molecule has 0 saturated heterocycles. The lowest BCUT2D eigenvalue weighted by molar-refractivity contribution is 0.0697. The summed E-state index contributed by atoms with van der Waals surface area (Å²) < 4.78 is 20.7. The Kier molecular flexibility index (Phi) is 6.77. The third-order valence-corrected chi connectivity index (χ3v) is 5.25. The summed E-state index contributed by atoms with van der Waals surface area (Å²) in [7, 11) is 0. The standard InChI is InChI=1S/C22H18BrClFNO3/c1-13-9-14(22(27)28)5-7-20(13)26-11-15-10-16(23)6-8-21(15)29-12-17-18(24)3-2-4-19(17)25/h2-10,26H,11-12H2,1H3,(H,27,28). The fraction of sp³-hybridized carbons (Fsp3) is 0.136. The number of aromatic carboxylic acids is 1. The first-order valence-corrected chi connectivity index (χ1v) is 9.94. The first-order chi connectivity index (χ1) is 13.8. The van der Waals surface area contributed by atoms with Gasteiger partial charge in [-0.25, -0.2) is 9.18 Å². The minimum atomic E-state index is -0.964. The number of aryl methyl sites for hydroxylation is 1. The summed E-state index contributed by atoms with van der Waals surface area (Å²) in [6.45, 7) is 2.28. The predicted molar refractivity (Wildman–Crippen MR) is 115 cm³/mol. The Morgan fingerprint density at radius 1 is 1.21 bits per heavy atom. The average molecular weight is 479 g/mol. The van der Waals surface area contributed by atoms with Gasteiger partial charge in [0.15, 0.2) is 0 Å². The molecule has 0 aliphatic rings. The molecule has 0 unspecified atom stereocenters. The molecular formula is C22H18BrClFNO3. The lowest BCUT2D eigenvalue weighted by atomic mass is 10.1. The molecule has 3 rings (SSSR count). The van der Waals surface area contributed by atoms with E-state index in [2.05, 4.69) is 21.2 Å². The van der Waals surface area contributed by atoms with Gasteiger partial charge in [0.2, 0.25) is 0 Å². The molecule has 7 heteroatoms. The minimum Gasteiger partial charge on any atom is -0.488 e. The molecule has 0 aliphatic heterocycles. The summed E-state index contributed by atoms with van der Waals surface area (Å²) in [5.74, 6) is -0.780. The summed E-state index contributed by atoms with van der Waals surface area (Å²) in [6, 6.07) is 15.0. The van der Waals surface area contributed by atoms with E-state index in [1.165, 1.54) is 6.07 Å². The fourth-order valence-electron chi connectivity index (χ4n) is 2.83. The van der Waals surface area contributed by atoms with Gasteiger partial charge >= 0.3 is 5.97 Å². The number of hydrogen-bond acceptors (Lipinski definition) is 3. The normalized spacial score (nSPS) is 10.6. The highest BCUT2D eigenvalue weighted by Gasteiger charge is 2.11. The molecule has 0 aromatic heterocycles. The van der Waals surface area contributed by atoms with Gasteiger partial charge in [-0.15, -0.1) is 0 Å². The second kappa shape index (κ2) is 9.29. The summed E-state index contributed by atoms with van der Waals surface area (Å²) in [4.78, 5) is 11.1. The Balaban J connectivity index is 1.76. The van der Waals surface area contributed by atoms with Crippen LogP contribution in [0.25, 0.3) is 0 Å². The van der Waals surface area contributed by atoms with E-state index in [0.29, 0.717) is 22.9 Å². The van der Waals surface area contributed by atoms with Crippen molar-refractivity contribution in [3.8, 4) is 5.75 Å². The first-order valence-electron chi connectivity index (χ1n) is 8.77. The minimum absolute atomic E-state index is 0.00642. The molecule has 0 spiro atoms. The van der Waals surface area contributed by atoms with E-state index in [1.807, 2.05) is 19.1 Å². The number of carboxylic acids is 1. The van der Waals surface area contributed by atoms with Gasteiger partial charge in [0.25, 0.3) is 0 Å². The maximum atomic E-state index is 14.0. The van der Waals surface area contributed by atoms with Crippen molar-refractivity contribution in [2.24, 2.45) is 0 Å². The number of anilines is 1. The molecule has 0 atom stereocenters.